The van der Waals surface area contributed by atoms with Gasteiger partial charge in [0.2, 0.25) is 5.91 Å². The molecule has 5 heteroatoms. The van der Waals surface area contributed by atoms with Crippen molar-refractivity contribution < 1.29 is 4.79 Å². The third kappa shape index (κ3) is 2.96. The Bertz CT molecular complexity index is 235. The van der Waals surface area contributed by atoms with Gasteiger partial charge in [0.05, 0.1) is 18.4 Å². The summed E-state index contributed by atoms with van der Waals surface area (Å²) in [7, 11) is 0. The zero-order valence-electron chi connectivity index (χ0n) is 6.58. The van der Waals surface area contributed by atoms with Crippen molar-refractivity contribution in [2.75, 3.05) is 12.3 Å². The predicted molar refractivity (Wildman–Crippen MR) is 49.2 cm³/mol. The van der Waals surface area contributed by atoms with E-state index in [4.69, 9.17) is 0 Å². The van der Waals surface area contributed by atoms with Gasteiger partial charge in [0, 0.05) is 18.5 Å². The lowest BCUT2D eigenvalue weighted by Gasteiger charge is -1.99. The summed E-state index contributed by atoms with van der Waals surface area (Å²) in [6, 6.07) is 0. The Labute approximate surface area is 76.2 Å². The van der Waals surface area contributed by atoms with E-state index in [0.717, 1.165) is 5.69 Å². The standard InChI is InChI=1S/C7H11N3OS/c11-7(9-1-2-12)3-6-4-8-5-10-6/h4-5,12H,1-3H2,(H,8,10)(H,9,11). The molecule has 4 nitrogen and oxygen atoms in total. The van der Waals surface area contributed by atoms with Crippen LogP contribution in [0.25, 0.3) is 0 Å². The van der Waals surface area contributed by atoms with Crippen molar-refractivity contribution in [3.05, 3.63) is 18.2 Å². The second kappa shape index (κ2) is 4.82. The number of aromatic amines is 1. The lowest BCUT2D eigenvalue weighted by atomic mass is 10.3. The first kappa shape index (κ1) is 9.12. The fourth-order valence-electron chi connectivity index (χ4n) is 0.810. The number of H-pyrrole nitrogens is 1. The van der Waals surface area contributed by atoms with Gasteiger partial charge in [0.1, 0.15) is 0 Å². The minimum atomic E-state index is -0.0175. The molecule has 0 radical (unpaired) electrons. The van der Waals surface area contributed by atoms with E-state index in [1.807, 2.05) is 0 Å². The molecule has 0 atom stereocenters. The number of amides is 1. The number of rotatable bonds is 4. The van der Waals surface area contributed by atoms with E-state index < -0.39 is 0 Å². The highest BCUT2D eigenvalue weighted by molar-refractivity contribution is 7.80. The van der Waals surface area contributed by atoms with Gasteiger partial charge in [-0.25, -0.2) is 4.98 Å². The summed E-state index contributed by atoms with van der Waals surface area (Å²) in [4.78, 5) is 17.8. The summed E-state index contributed by atoms with van der Waals surface area (Å²) in [5.74, 6) is 0.642. The highest BCUT2D eigenvalue weighted by Gasteiger charge is 2.02. The second-order valence-corrected chi connectivity index (χ2v) is 2.76. The average Bonchev–Trinajstić information content (AvgIpc) is 2.53. The molecule has 2 N–H and O–H groups in total. The molecule has 0 saturated heterocycles. The van der Waals surface area contributed by atoms with Gasteiger partial charge in [-0.2, -0.15) is 12.6 Å². The van der Waals surface area contributed by atoms with E-state index in [1.54, 1.807) is 12.5 Å². The maximum Gasteiger partial charge on any atom is 0.226 e. The van der Waals surface area contributed by atoms with E-state index in [2.05, 4.69) is 27.9 Å². The predicted octanol–water partition coefficient (Wildman–Crippen LogP) is -0.00180. The van der Waals surface area contributed by atoms with E-state index >= 15 is 0 Å². The lowest BCUT2D eigenvalue weighted by Crippen LogP contribution is -2.26. The third-order valence-corrected chi connectivity index (χ3v) is 1.55. The molecule has 1 aromatic heterocycles. The molecule has 0 aliphatic rings. The minimum Gasteiger partial charge on any atom is -0.355 e. The molecule has 0 saturated carbocycles. The number of nitrogens with zero attached hydrogens (tertiary/aromatic N) is 1. The molecule has 1 amide bonds. The van der Waals surface area contributed by atoms with Crippen molar-refractivity contribution in [3.63, 3.8) is 0 Å². The average molecular weight is 185 g/mol. The molecular formula is C7H11N3OS. The van der Waals surface area contributed by atoms with E-state index in [0.29, 0.717) is 18.7 Å². The van der Waals surface area contributed by atoms with Gasteiger partial charge < -0.3 is 10.3 Å². The molecule has 0 unspecified atom stereocenters. The molecule has 0 aromatic carbocycles. The minimum absolute atomic E-state index is 0.0175. The number of aromatic nitrogens is 2. The topological polar surface area (TPSA) is 57.8 Å². The van der Waals surface area contributed by atoms with Crippen molar-refractivity contribution in [3.8, 4) is 0 Å². The van der Waals surface area contributed by atoms with Crippen LogP contribution in [0.1, 0.15) is 5.69 Å². The first-order valence-corrected chi connectivity index (χ1v) is 4.31. The summed E-state index contributed by atoms with van der Waals surface area (Å²) in [6.45, 7) is 0.604. The molecule has 1 rings (SSSR count). The number of imidazole rings is 1. The summed E-state index contributed by atoms with van der Waals surface area (Å²) < 4.78 is 0. The molecule has 66 valence electrons. The first-order chi connectivity index (χ1) is 5.83. The van der Waals surface area contributed by atoms with Gasteiger partial charge in [-0.3, -0.25) is 4.79 Å². The Hall–Kier alpha value is -0.970. The van der Waals surface area contributed by atoms with Crippen LogP contribution in [0.15, 0.2) is 12.5 Å². The van der Waals surface area contributed by atoms with Gasteiger partial charge in [0.15, 0.2) is 0 Å². The Morgan fingerprint density at radius 2 is 2.58 bits per heavy atom. The van der Waals surface area contributed by atoms with E-state index in [-0.39, 0.29) is 5.91 Å². The van der Waals surface area contributed by atoms with Gasteiger partial charge in [-0.1, -0.05) is 0 Å². The Kier molecular flexibility index (Phi) is 3.66. The molecule has 0 spiro atoms. The van der Waals surface area contributed by atoms with Crippen molar-refractivity contribution in [1.82, 2.24) is 15.3 Å². The third-order valence-electron chi connectivity index (χ3n) is 1.33. The van der Waals surface area contributed by atoms with Crippen molar-refractivity contribution in [2.24, 2.45) is 0 Å². The van der Waals surface area contributed by atoms with Crippen LogP contribution in [0.3, 0.4) is 0 Å². The SMILES string of the molecule is O=C(Cc1c[nH]cn1)NCCS. The van der Waals surface area contributed by atoms with Crippen molar-refractivity contribution in [2.45, 2.75) is 6.42 Å². The van der Waals surface area contributed by atoms with Crippen LogP contribution in [0, 0.1) is 0 Å². The Morgan fingerprint density at radius 1 is 1.75 bits per heavy atom. The second-order valence-electron chi connectivity index (χ2n) is 2.31. The summed E-state index contributed by atoms with van der Waals surface area (Å²) in [6.07, 6.45) is 3.60. The fourth-order valence-corrected chi connectivity index (χ4v) is 0.922. The largest absolute Gasteiger partial charge is 0.355 e. The summed E-state index contributed by atoms with van der Waals surface area (Å²) in [5, 5.41) is 2.70. The number of carbonyl (C=O) groups is 1. The fraction of sp³-hybridized carbons (Fsp3) is 0.429. The number of carbonyl (C=O) groups excluding carboxylic acids is 1. The summed E-state index contributed by atoms with van der Waals surface area (Å²) >= 11 is 3.97. The Morgan fingerprint density at radius 3 is 3.17 bits per heavy atom. The smallest absolute Gasteiger partial charge is 0.226 e. The Balaban J connectivity index is 2.27. The van der Waals surface area contributed by atoms with Crippen LogP contribution in [0.2, 0.25) is 0 Å². The maximum atomic E-state index is 11.1. The molecule has 0 aliphatic carbocycles. The summed E-state index contributed by atoms with van der Waals surface area (Å²) in [5.41, 5.74) is 0.756. The van der Waals surface area contributed by atoms with Gasteiger partial charge in [0.25, 0.3) is 0 Å². The van der Waals surface area contributed by atoms with Gasteiger partial charge in [-0.05, 0) is 0 Å². The molecule has 0 aliphatic heterocycles. The molecule has 1 aromatic rings. The highest BCUT2D eigenvalue weighted by Crippen LogP contribution is 1.91. The number of hydrogen-bond acceptors (Lipinski definition) is 3. The van der Waals surface area contributed by atoms with Crippen LogP contribution >= 0.6 is 12.6 Å². The van der Waals surface area contributed by atoms with E-state index in [9.17, 15) is 4.79 Å². The van der Waals surface area contributed by atoms with Crippen LogP contribution < -0.4 is 5.32 Å². The quantitative estimate of drug-likeness (QED) is 0.578. The molecule has 12 heavy (non-hydrogen) atoms. The van der Waals surface area contributed by atoms with Crippen LogP contribution in [0.5, 0.6) is 0 Å². The first-order valence-electron chi connectivity index (χ1n) is 3.68. The lowest BCUT2D eigenvalue weighted by molar-refractivity contribution is -0.120. The van der Waals surface area contributed by atoms with Crippen LogP contribution in [0.4, 0.5) is 0 Å². The van der Waals surface area contributed by atoms with Crippen LogP contribution in [-0.2, 0) is 11.2 Å². The zero-order valence-corrected chi connectivity index (χ0v) is 7.47. The molecular weight excluding hydrogens is 174 g/mol. The highest BCUT2D eigenvalue weighted by atomic mass is 32.1. The maximum absolute atomic E-state index is 11.1. The molecule has 1 heterocycles. The molecule has 0 bridgehead atoms. The number of hydrogen-bond donors (Lipinski definition) is 3. The number of thiol groups is 1. The van der Waals surface area contributed by atoms with Crippen molar-refractivity contribution >= 4 is 18.5 Å². The van der Waals surface area contributed by atoms with Gasteiger partial charge >= 0.3 is 0 Å². The van der Waals surface area contributed by atoms with Gasteiger partial charge in [-0.15, -0.1) is 0 Å². The van der Waals surface area contributed by atoms with Crippen molar-refractivity contribution in [1.29, 1.82) is 0 Å². The zero-order chi connectivity index (χ0) is 8.81. The normalized spacial score (nSPS) is 9.75. The monoisotopic (exact) mass is 185 g/mol. The number of nitrogens with one attached hydrogen (secondary N) is 2. The van der Waals surface area contributed by atoms with Crippen LogP contribution in [-0.4, -0.2) is 28.2 Å². The molecule has 0 fully saturated rings. The van der Waals surface area contributed by atoms with E-state index in [1.165, 1.54) is 0 Å².